The van der Waals surface area contributed by atoms with Gasteiger partial charge < -0.3 is 0 Å². The van der Waals surface area contributed by atoms with Crippen molar-refractivity contribution in [2.75, 3.05) is 0 Å². The molecule has 0 fully saturated rings. The molecule has 1 aliphatic heterocycles. The van der Waals surface area contributed by atoms with Gasteiger partial charge in [-0.1, -0.05) is 42.5 Å². The number of allylic oxidation sites excluding steroid dienone is 1. The minimum atomic E-state index is -0.0254. The van der Waals surface area contributed by atoms with Crippen LogP contribution in [-0.4, -0.2) is 15.5 Å². The Bertz CT molecular complexity index is 828. The molecule has 0 spiro atoms. The fourth-order valence-electron chi connectivity index (χ4n) is 2.51. The van der Waals surface area contributed by atoms with Crippen molar-refractivity contribution >= 4 is 22.5 Å². The summed E-state index contributed by atoms with van der Waals surface area (Å²) < 4.78 is 1.68. The van der Waals surface area contributed by atoms with Crippen molar-refractivity contribution in [2.45, 2.75) is 0 Å². The van der Waals surface area contributed by atoms with Gasteiger partial charge in [-0.05, 0) is 17.7 Å². The Kier molecular flexibility index (Phi) is 1.97. The zero-order valence-corrected chi connectivity index (χ0v) is 10.1. The normalized spacial score (nSPS) is 13.7. The molecule has 3 nitrogen and oxygen atoms in total. The highest BCUT2D eigenvalue weighted by molar-refractivity contribution is 6.10. The highest BCUT2D eigenvalue weighted by Gasteiger charge is 2.25. The molecule has 3 aromatic rings. The lowest BCUT2D eigenvalue weighted by Gasteiger charge is -2.00. The molecule has 0 bridgehead atoms. The molecule has 2 heterocycles. The van der Waals surface area contributed by atoms with E-state index >= 15 is 0 Å². The summed E-state index contributed by atoms with van der Waals surface area (Å²) in [5, 5.41) is 0. The molecule has 0 unspecified atom stereocenters. The molecule has 19 heavy (non-hydrogen) atoms. The Balaban J connectivity index is 2.01. The number of imidazole rings is 1. The predicted molar refractivity (Wildman–Crippen MR) is 73.9 cm³/mol. The minimum Gasteiger partial charge on any atom is -0.269 e. The molecule has 90 valence electrons. The lowest BCUT2D eigenvalue weighted by atomic mass is 10.1. The van der Waals surface area contributed by atoms with Crippen LogP contribution >= 0.6 is 0 Å². The van der Waals surface area contributed by atoms with Crippen molar-refractivity contribution in [3.63, 3.8) is 0 Å². The third-order valence-electron chi connectivity index (χ3n) is 3.37. The number of aromatic nitrogens is 2. The molecular formula is C16H10N2O. The Hall–Kier alpha value is -2.68. The Morgan fingerprint density at radius 3 is 2.47 bits per heavy atom. The lowest BCUT2D eigenvalue weighted by Crippen LogP contribution is -2.03. The molecule has 0 saturated carbocycles. The van der Waals surface area contributed by atoms with Gasteiger partial charge in [0.1, 0.15) is 5.82 Å². The summed E-state index contributed by atoms with van der Waals surface area (Å²) in [6.07, 6.45) is 1.66. The van der Waals surface area contributed by atoms with Gasteiger partial charge in [-0.15, -0.1) is 0 Å². The van der Waals surface area contributed by atoms with Crippen molar-refractivity contribution in [1.82, 2.24) is 9.55 Å². The maximum atomic E-state index is 12.2. The fourth-order valence-corrected chi connectivity index (χ4v) is 2.51. The van der Waals surface area contributed by atoms with E-state index in [1.165, 1.54) is 0 Å². The summed E-state index contributed by atoms with van der Waals surface area (Å²) >= 11 is 0. The smallest absolute Gasteiger partial charge is 0.257 e. The van der Waals surface area contributed by atoms with Gasteiger partial charge in [0, 0.05) is 11.6 Å². The molecule has 0 aliphatic carbocycles. The van der Waals surface area contributed by atoms with Gasteiger partial charge in [0.2, 0.25) is 0 Å². The number of rotatable bonds is 1. The van der Waals surface area contributed by atoms with Gasteiger partial charge in [0.05, 0.1) is 11.0 Å². The van der Waals surface area contributed by atoms with Crippen molar-refractivity contribution in [1.29, 1.82) is 0 Å². The average molecular weight is 246 g/mol. The van der Waals surface area contributed by atoms with E-state index < -0.39 is 0 Å². The number of hydrogen-bond acceptors (Lipinski definition) is 2. The lowest BCUT2D eigenvalue weighted by molar-refractivity contribution is 0.0978. The van der Waals surface area contributed by atoms with E-state index in [4.69, 9.17) is 0 Å². The predicted octanol–water partition coefficient (Wildman–Crippen LogP) is 3.12. The van der Waals surface area contributed by atoms with Gasteiger partial charge >= 0.3 is 0 Å². The summed E-state index contributed by atoms with van der Waals surface area (Å²) in [5.41, 5.74) is 3.63. The fraction of sp³-hybridized carbons (Fsp3) is 0. The van der Waals surface area contributed by atoms with Crippen LogP contribution in [0.15, 0.2) is 60.7 Å². The summed E-state index contributed by atoms with van der Waals surface area (Å²) in [4.78, 5) is 16.7. The molecule has 0 amide bonds. The van der Waals surface area contributed by atoms with Crippen LogP contribution in [0.1, 0.15) is 16.2 Å². The number of benzene rings is 2. The van der Waals surface area contributed by atoms with E-state index in [1.807, 2.05) is 54.6 Å². The molecule has 1 aliphatic rings. The average Bonchev–Trinajstić information content (AvgIpc) is 2.98. The van der Waals surface area contributed by atoms with E-state index in [2.05, 4.69) is 4.98 Å². The first-order valence-electron chi connectivity index (χ1n) is 6.14. The van der Waals surface area contributed by atoms with E-state index in [0.29, 0.717) is 0 Å². The quantitative estimate of drug-likeness (QED) is 0.661. The van der Waals surface area contributed by atoms with Crippen LogP contribution in [0.25, 0.3) is 16.6 Å². The van der Waals surface area contributed by atoms with Crippen LogP contribution in [0, 0.1) is 0 Å². The number of carbonyl (C=O) groups is 1. The van der Waals surface area contributed by atoms with Crippen molar-refractivity contribution in [3.8, 4) is 0 Å². The highest BCUT2D eigenvalue weighted by Crippen LogP contribution is 2.31. The van der Waals surface area contributed by atoms with E-state index in [0.717, 1.165) is 28.0 Å². The first kappa shape index (κ1) is 10.3. The van der Waals surface area contributed by atoms with Gasteiger partial charge in [0.15, 0.2) is 0 Å². The van der Waals surface area contributed by atoms with Crippen LogP contribution in [0.3, 0.4) is 0 Å². The van der Waals surface area contributed by atoms with E-state index in [1.54, 1.807) is 10.6 Å². The van der Waals surface area contributed by atoms with E-state index in [-0.39, 0.29) is 5.91 Å². The molecule has 0 N–H and O–H groups in total. The first-order valence-corrected chi connectivity index (χ1v) is 6.14. The Morgan fingerprint density at radius 1 is 0.895 bits per heavy atom. The van der Waals surface area contributed by atoms with Crippen molar-refractivity contribution in [3.05, 3.63) is 72.1 Å². The van der Waals surface area contributed by atoms with Crippen molar-refractivity contribution in [2.24, 2.45) is 0 Å². The number of nitrogens with zero attached hydrogens (tertiary/aromatic N) is 2. The van der Waals surface area contributed by atoms with Crippen molar-refractivity contribution < 1.29 is 4.79 Å². The van der Waals surface area contributed by atoms with E-state index in [9.17, 15) is 4.79 Å². The Morgan fingerprint density at radius 2 is 1.63 bits per heavy atom. The number of hydrogen-bond donors (Lipinski definition) is 0. The summed E-state index contributed by atoms with van der Waals surface area (Å²) in [7, 11) is 0. The van der Waals surface area contributed by atoms with Crippen LogP contribution in [0.5, 0.6) is 0 Å². The molecule has 4 rings (SSSR count). The molecule has 0 atom stereocenters. The maximum absolute atomic E-state index is 12.2. The monoisotopic (exact) mass is 246 g/mol. The molecule has 3 heteroatoms. The largest absolute Gasteiger partial charge is 0.269 e. The standard InChI is InChI=1S/C16H10N2O/c19-15-10-12(11-6-2-1-3-7-11)16-17-13-8-4-5-9-14(13)18(15)16/h1-10H. The van der Waals surface area contributed by atoms with Gasteiger partial charge in [-0.3, -0.25) is 9.36 Å². The second-order valence-corrected chi connectivity index (χ2v) is 4.52. The number of fused-ring (bicyclic) bond motifs is 3. The molecule has 0 radical (unpaired) electrons. The SMILES string of the molecule is O=C1C=C(c2ccccc2)c2nc3ccccc3n21. The van der Waals surface area contributed by atoms with Crippen LogP contribution in [0.2, 0.25) is 0 Å². The third kappa shape index (κ3) is 1.38. The van der Waals surface area contributed by atoms with Gasteiger partial charge in [0.25, 0.3) is 5.91 Å². The number of para-hydroxylation sites is 2. The van der Waals surface area contributed by atoms with Gasteiger partial charge in [-0.25, -0.2) is 4.98 Å². The minimum absolute atomic E-state index is 0.0254. The molecule has 0 saturated heterocycles. The summed E-state index contributed by atoms with van der Waals surface area (Å²) in [6, 6.07) is 17.6. The summed E-state index contributed by atoms with van der Waals surface area (Å²) in [6.45, 7) is 0. The zero-order valence-electron chi connectivity index (χ0n) is 10.1. The topological polar surface area (TPSA) is 34.9 Å². The van der Waals surface area contributed by atoms with Crippen LogP contribution in [0.4, 0.5) is 0 Å². The second-order valence-electron chi connectivity index (χ2n) is 4.52. The highest BCUT2D eigenvalue weighted by atomic mass is 16.2. The molecule has 2 aromatic carbocycles. The summed E-state index contributed by atoms with van der Waals surface area (Å²) in [5.74, 6) is 0.708. The second kappa shape index (κ2) is 3.65. The van der Waals surface area contributed by atoms with Crippen LogP contribution < -0.4 is 0 Å². The number of carbonyl (C=O) groups excluding carboxylic acids is 1. The zero-order chi connectivity index (χ0) is 12.8. The third-order valence-corrected chi connectivity index (χ3v) is 3.37. The van der Waals surface area contributed by atoms with Gasteiger partial charge in [-0.2, -0.15) is 0 Å². The molecule has 1 aromatic heterocycles. The Labute approximate surface area is 109 Å². The van der Waals surface area contributed by atoms with Crippen LogP contribution in [-0.2, 0) is 0 Å². The maximum Gasteiger partial charge on any atom is 0.257 e. The first-order chi connectivity index (χ1) is 9.34. The molecular weight excluding hydrogens is 236 g/mol.